The van der Waals surface area contributed by atoms with Crippen LogP contribution >= 0.6 is 15.9 Å². The highest BCUT2D eigenvalue weighted by molar-refractivity contribution is 9.10. The van der Waals surface area contributed by atoms with Crippen LogP contribution in [0.1, 0.15) is 28.7 Å². The Morgan fingerprint density at radius 3 is 2.53 bits per heavy atom. The van der Waals surface area contributed by atoms with Crippen LogP contribution in [0, 0.1) is 12.8 Å². The Morgan fingerprint density at radius 1 is 1.37 bits per heavy atom. The normalized spacial score (nSPS) is 12.4. The molecule has 4 heteroatoms. The molecule has 0 fully saturated rings. The predicted octanol–water partition coefficient (Wildman–Crippen LogP) is 3.55. The van der Waals surface area contributed by atoms with Crippen molar-refractivity contribution < 1.29 is 4.79 Å². The van der Waals surface area contributed by atoms with Crippen LogP contribution in [0.15, 0.2) is 34.8 Å². The number of nitrogens with zero attached hydrogens (tertiary/aromatic N) is 2. The van der Waals surface area contributed by atoms with Gasteiger partial charge in [0, 0.05) is 24.9 Å². The fourth-order valence-electron chi connectivity index (χ4n) is 2.17. The van der Waals surface area contributed by atoms with Gasteiger partial charge in [0.15, 0.2) is 5.78 Å². The molecular weight excluding hydrogens is 304 g/mol. The van der Waals surface area contributed by atoms with Crippen LogP contribution in [0.5, 0.6) is 0 Å². The van der Waals surface area contributed by atoms with E-state index in [1.54, 1.807) is 0 Å². The molecule has 1 atom stereocenters. The van der Waals surface area contributed by atoms with E-state index in [0.29, 0.717) is 6.42 Å². The topological polar surface area (TPSA) is 34.9 Å². The summed E-state index contributed by atoms with van der Waals surface area (Å²) in [6, 6.07) is 9.43. The van der Waals surface area contributed by atoms with E-state index in [-0.39, 0.29) is 11.7 Å². The third-order valence-electron chi connectivity index (χ3n) is 3.27. The molecule has 0 amide bonds. The average Bonchev–Trinajstić information content (AvgIpc) is 2.65. The van der Waals surface area contributed by atoms with Gasteiger partial charge in [-0.2, -0.15) is 5.10 Å². The molecule has 2 aromatic rings. The predicted molar refractivity (Wildman–Crippen MR) is 79.3 cm³/mol. The van der Waals surface area contributed by atoms with Gasteiger partial charge in [0.25, 0.3) is 0 Å². The van der Waals surface area contributed by atoms with Crippen molar-refractivity contribution in [2.75, 3.05) is 0 Å². The monoisotopic (exact) mass is 320 g/mol. The lowest BCUT2D eigenvalue weighted by molar-refractivity contribution is 0.0928. The first-order chi connectivity index (χ1) is 9.00. The van der Waals surface area contributed by atoms with E-state index in [9.17, 15) is 4.79 Å². The van der Waals surface area contributed by atoms with Crippen LogP contribution < -0.4 is 0 Å². The Kier molecular flexibility index (Phi) is 4.20. The molecule has 19 heavy (non-hydrogen) atoms. The van der Waals surface area contributed by atoms with Gasteiger partial charge >= 0.3 is 0 Å². The third kappa shape index (κ3) is 2.95. The molecule has 0 bridgehead atoms. The van der Waals surface area contributed by atoms with Crippen LogP contribution in [0.25, 0.3) is 0 Å². The van der Waals surface area contributed by atoms with Crippen LogP contribution in [-0.2, 0) is 13.5 Å². The molecular formula is C15H17BrN2O. The maximum Gasteiger partial charge on any atom is 0.166 e. The summed E-state index contributed by atoms with van der Waals surface area (Å²) < 4.78 is 2.84. The second-order valence-corrected chi connectivity index (χ2v) is 5.60. The number of carbonyl (C=O) groups excluding carboxylic acids is 1. The second kappa shape index (κ2) is 5.70. The van der Waals surface area contributed by atoms with Crippen molar-refractivity contribution in [3.8, 4) is 0 Å². The van der Waals surface area contributed by atoms with Crippen LogP contribution in [-0.4, -0.2) is 15.6 Å². The number of aromatic nitrogens is 2. The lowest BCUT2D eigenvalue weighted by Crippen LogP contribution is -2.16. The Morgan fingerprint density at radius 2 is 2.00 bits per heavy atom. The molecule has 0 aliphatic heterocycles. The van der Waals surface area contributed by atoms with Crippen molar-refractivity contribution in [1.82, 2.24) is 9.78 Å². The zero-order valence-corrected chi connectivity index (χ0v) is 12.9. The molecule has 0 spiro atoms. The number of hydrogen-bond donors (Lipinski definition) is 0. The summed E-state index contributed by atoms with van der Waals surface area (Å²) in [4.78, 5) is 12.3. The Hall–Kier alpha value is -1.42. The minimum Gasteiger partial charge on any atom is -0.294 e. The van der Waals surface area contributed by atoms with Gasteiger partial charge in [-0.05, 0) is 22.9 Å². The average molecular weight is 321 g/mol. The van der Waals surface area contributed by atoms with E-state index in [2.05, 4.69) is 21.0 Å². The van der Waals surface area contributed by atoms with Crippen molar-refractivity contribution in [2.24, 2.45) is 13.0 Å². The van der Waals surface area contributed by atoms with Crippen molar-refractivity contribution in [3.63, 3.8) is 0 Å². The Bertz CT molecular complexity index is 590. The van der Waals surface area contributed by atoms with E-state index < -0.39 is 0 Å². The molecule has 2 rings (SSSR count). The van der Waals surface area contributed by atoms with E-state index in [0.717, 1.165) is 21.4 Å². The second-order valence-electron chi connectivity index (χ2n) is 4.81. The summed E-state index contributed by atoms with van der Waals surface area (Å²) in [6.07, 6.45) is 0.686. The van der Waals surface area contributed by atoms with Crippen LogP contribution in [0.4, 0.5) is 0 Å². The molecule has 0 N–H and O–H groups in total. The highest BCUT2D eigenvalue weighted by atomic mass is 79.9. The first-order valence-electron chi connectivity index (χ1n) is 6.28. The Balaban J connectivity index is 2.17. The number of aryl methyl sites for hydroxylation is 2. The molecule has 1 unspecified atom stereocenters. The minimum atomic E-state index is -0.0616. The number of hydrogen-bond acceptors (Lipinski definition) is 2. The molecule has 100 valence electrons. The first kappa shape index (κ1) is 14.0. The van der Waals surface area contributed by atoms with Gasteiger partial charge in [-0.3, -0.25) is 9.48 Å². The number of carbonyl (C=O) groups is 1. The van der Waals surface area contributed by atoms with Crippen LogP contribution in [0.2, 0.25) is 0 Å². The fraction of sp³-hybridized carbons (Fsp3) is 0.333. The molecule has 0 aliphatic carbocycles. The Labute approximate surface area is 121 Å². The fourth-order valence-corrected chi connectivity index (χ4v) is 2.67. The number of rotatable bonds is 4. The minimum absolute atomic E-state index is 0.0616. The maximum atomic E-state index is 12.3. The summed E-state index contributed by atoms with van der Waals surface area (Å²) in [7, 11) is 1.91. The zero-order chi connectivity index (χ0) is 14.0. The first-order valence-corrected chi connectivity index (χ1v) is 7.07. The van der Waals surface area contributed by atoms with E-state index in [1.165, 1.54) is 0 Å². The third-order valence-corrected chi connectivity index (χ3v) is 4.30. The number of benzene rings is 1. The lowest BCUT2D eigenvalue weighted by Gasteiger charge is -2.11. The molecule has 0 radical (unpaired) electrons. The van der Waals surface area contributed by atoms with E-state index in [4.69, 9.17) is 0 Å². The molecule has 1 aromatic heterocycles. The van der Waals surface area contributed by atoms with Crippen LogP contribution in [0.3, 0.4) is 0 Å². The van der Waals surface area contributed by atoms with Crippen molar-refractivity contribution in [2.45, 2.75) is 20.3 Å². The van der Waals surface area contributed by atoms with Crippen molar-refractivity contribution >= 4 is 21.7 Å². The summed E-state index contributed by atoms with van der Waals surface area (Å²) >= 11 is 3.54. The number of ketones is 1. The maximum absolute atomic E-state index is 12.3. The molecule has 1 heterocycles. The van der Waals surface area contributed by atoms with E-state index in [1.807, 2.05) is 55.9 Å². The van der Waals surface area contributed by atoms with Gasteiger partial charge in [-0.25, -0.2) is 0 Å². The zero-order valence-electron chi connectivity index (χ0n) is 11.4. The van der Waals surface area contributed by atoms with Gasteiger partial charge in [0.2, 0.25) is 0 Å². The largest absolute Gasteiger partial charge is 0.294 e. The standard InChI is InChI=1S/C15H17BrN2O/c1-10(15(19)12-7-5-4-6-8-12)9-13-14(16)11(2)17-18(13)3/h4-8,10H,9H2,1-3H3. The van der Waals surface area contributed by atoms with Crippen molar-refractivity contribution in [1.29, 1.82) is 0 Å². The summed E-state index contributed by atoms with van der Waals surface area (Å²) in [5.41, 5.74) is 2.79. The SMILES string of the molecule is Cc1nn(C)c(CC(C)C(=O)c2ccccc2)c1Br. The summed E-state index contributed by atoms with van der Waals surface area (Å²) in [5.74, 6) is 0.111. The lowest BCUT2D eigenvalue weighted by atomic mass is 9.95. The smallest absolute Gasteiger partial charge is 0.166 e. The van der Waals surface area contributed by atoms with Gasteiger partial charge < -0.3 is 0 Å². The van der Waals surface area contributed by atoms with E-state index >= 15 is 0 Å². The van der Waals surface area contributed by atoms with Gasteiger partial charge in [-0.15, -0.1) is 0 Å². The molecule has 1 aromatic carbocycles. The highest BCUT2D eigenvalue weighted by Gasteiger charge is 2.19. The molecule has 0 aliphatic rings. The quantitative estimate of drug-likeness (QED) is 0.807. The number of Topliss-reactive ketones (excluding diaryl/α,β-unsaturated/α-hetero) is 1. The van der Waals surface area contributed by atoms with Gasteiger partial charge in [-0.1, -0.05) is 37.3 Å². The number of halogens is 1. The molecule has 0 saturated carbocycles. The van der Waals surface area contributed by atoms with Crippen molar-refractivity contribution in [3.05, 3.63) is 51.8 Å². The summed E-state index contributed by atoms with van der Waals surface area (Å²) in [6.45, 7) is 3.92. The summed E-state index contributed by atoms with van der Waals surface area (Å²) in [5, 5.41) is 4.35. The molecule has 0 saturated heterocycles. The highest BCUT2D eigenvalue weighted by Crippen LogP contribution is 2.24. The van der Waals surface area contributed by atoms with Gasteiger partial charge in [0.05, 0.1) is 15.9 Å². The van der Waals surface area contributed by atoms with Gasteiger partial charge in [0.1, 0.15) is 0 Å². The molecule has 3 nitrogen and oxygen atoms in total.